The molecule has 0 heterocycles. The van der Waals surface area contributed by atoms with Gasteiger partial charge in [-0.25, -0.2) is 0 Å². The van der Waals surface area contributed by atoms with Crippen molar-refractivity contribution in [2.75, 3.05) is 12.9 Å². The highest BCUT2D eigenvalue weighted by Crippen LogP contribution is 2.17. The number of nitrogens with one attached hydrogen (secondary N) is 1. The molecule has 1 rings (SSSR count). The summed E-state index contributed by atoms with van der Waals surface area (Å²) in [5.74, 6) is 0.694. The van der Waals surface area contributed by atoms with Gasteiger partial charge in [-0.2, -0.15) is 0 Å². The molecule has 0 fully saturated rings. The number of aryl methyl sites for hydroxylation is 1. The van der Waals surface area contributed by atoms with E-state index in [0.29, 0.717) is 11.9 Å². The molecule has 0 aromatic heterocycles. The van der Waals surface area contributed by atoms with Crippen LogP contribution in [0, 0.1) is 6.92 Å². The minimum absolute atomic E-state index is 0.387. The largest absolute Gasteiger partial charge is 0.313 e. The molecule has 0 spiro atoms. The number of benzene rings is 1. The molecule has 0 aliphatic carbocycles. The van der Waals surface area contributed by atoms with Gasteiger partial charge in [0.2, 0.25) is 0 Å². The average molecular weight is 198 g/mol. The molecule has 1 aromatic carbocycles. The van der Waals surface area contributed by atoms with Crippen molar-refractivity contribution < 1.29 is 0 Å². The van der Waals surface area contributed by atoms with Gasteiger partial charge in [0.05, 0.1) is 0 Å². The molecule has 13 heavy (non-hydrogen) atoms. The Bertz CT molecular complexity index is 243. The lowest BCUT2D eigenvalue weighted by atomic mass is 10.0. The van der Waals surface area contributed by atoms with Gasteiger partial charge >= 0.3 is 0 Å². The smallest absolute Gasteiger partial charge is 0.0328 e. The molecule has 1 aromatic rings. The Morgan fingerprint density at radius 3 is 2.38 bits per heavy atom. The maximum atomic E-state index is 5.72. The number of hydrogen-bond acceptors (Lipinski definition) is 1. The first-order valence-corrected chi connectivity index (χ1v) is 5.11. The van der Waals surface area contributed by atoms with E-state index in [4.69, 9.17) is 11.6 Å². The lowest BCUT2D eigenvalue weighted by molar-refractivity contribution is 0.579. The van der Waals surface area contributed by atoms with Crippen molar-refractivity contribution >= 4 is 11.6 Å². The fourth-order valence-electron chi connectivity index (χ4n) is 1.39. The van der Waals surface area contributed by atoms with Gasteiger partial charge in [0.1, 0.15) is 0 Å². The summed E-state index contributed by atoms with van der Waals surface area (Å²) in [5, 5.41) is 3.25. The third kappa shape index (κ3) is 3.02. The van der Waals surface area contributed by atoms with Crippen molar-refractivity contribution in [3.8, 4) is 0 Å². The molecule has 0 saturated heterocycles. The maximum Gasteiger partial charge on any atom is 0.0328 e. The normalized spacial score (nSPS) is 12.8. The van der Waals surface area contributed by atoms with E-state index in [1.807, 2.05) is 7.05 Å². The molecule has 72 valence electrons. The summed E-state index contributed by atoms with van der Waals surface area (Å²) in [6.07, 6.45) is 0.973. The Labute approximate surface area is 85.1 Å². The van der Waals surface area contributed by atoms with Crippen LogP contribution in [0.2, 0.25) is 0 Å². The summed E-state index contributed by atoms with van der Waals surface area (Å²) in [4.78, 5) is 0. The molecule has 1 unspecified atom stereocenters. The first-order chi connectivity index (χ1) is 6.27. The monoisotopic (exact) mass is 197 g/mol. The van der Waals surface area contributed by atoms with Crippen molar-refractivity contribution in [1.29, 1.82) is 0 Å². The summed E-state index contributed by atoms with van der Waals surface area (Å²) in [6, 6.07) is 8.96. The van der Waals surface area contributed by atoms with Gasteiger partial charge in [-0.15, -0.1) is 11.6 Å². The molecule has 1 atom stereocenters. The Morgan fingerprint density at radius 2 is 1.92 bits per heavy atom. The SMILES string of the molecule is CNC(CCCl)c1ccc(C)cc1. The fourth-order valence-corrected chi connectivity index (χ4v) is 1.60. The van der Waals surface area contributed by atoms with Gasteiger partial charge < -0.3 is 5.32 Å². The number of hydrogen-bond donors (Lipinski definition) is 1. The fraction of sp³-hybridized carbons (Fsp3) is 0.455. The molecular weight excluding hydrogens is 182 g/mol. The highest BCUT2D eigenvalue weighted by atomic mass is 35.5. The molecule has 0 radical (unpaired) electrons. The van der Waals surface area contributed by atoms with Crippen LogP contribution >= 0.6 is 11.6 Å². The third-order valence-corrected chi connectivity index (χ3v) is 2.44. The second-order valence-corrected chi connectivity index (χ2v) is 3.61. The van der Waals surface area contributed by atoms with Crippen molar-refractivity contribution in [2.24, 2.45) is 0 Å². The lowest BCUT2D eigenvalue weighted by Crippen LogP contribution is -2.16. The van der Waals surface area contributed by atoms with Crippen LogP contribution in [-0.2, 0) is 0 Å². The number of rotatable bonds is 4. The van der Waals surface area contributed by atoms with Crippen LogP contribution in [0.1, 0.15) is 23.6 Å². The van der Waals surface area contributed by atoms with Crippen LogP contribution in [-0.4, -0.2) is 12.9 Å². The quantitative estimate of drug-likeness (QED) is 0.732. The zero-order valence-electron chi connectivity index (χ0n) is 8.18. The van der Waals surface area contributed by atoms with E-state index in [9.17, 15) is 0 Å². The minimum atomic E-state index is 0.387. The molecular formula is C11H16ClN. The van der Waals surface area contributed by atoms with Crippen LogP contribution in [0.15, 0.2) is 24.3 Å². The second kappa shape index (κ2) is 5.25. The van der Waals surface area contributed by atoms with Gasteiger partial charge in [0.15, 0.2) is 0 Å². The van der Waals surface area contributed by atoms with Crippen LogP contribution in [0.25, 0.3) is 0 Å². The summed E-state index contributed by atoms with van der Waals surface area (Å²) in [6.45, 7) is 2.10. The second-order valence-electron chi connectivity index (χ2n) is 3.23. The van der Waals surface area contributed by atoms with Crippen molar-refractivity contribution in [1.82, 2.24) is 5.32 Å². The molecule has 0 aliphatic rings. The Morgan fingerprint density at radius 1 is 1.31 bits per heavy atom. The van der Waals surface area contributed by atoms with Crippen LogP contribution in [0.5, 0.6) is 0 Å². The molecule has 0 amide bonds. The van der Waals surface area contributed by atoms with Gasteiger partial charge in [0, 0.05) is 11.9 Å². The molecule has 0 aliphatic heterocycles. The first kappa shape index (κ1) is 10.6. The highest BCUT2D eigenvalue weighted by molar-refractivity contribution is 6.17. The Balaban J connectivity index is 2.73. The van der Waals surface area contributed by atoms with Crippen LogP contribution in [0.3, 0.4) is 0 Å². The zero-order chi connectivity index (χ0) is 9.68. The minimum Gasteiger partial charge on any atom is -0.313 e. The first-order valence-electron chi connectivity index (χ1n) is 4.57. The van der Waals surface area contributed by atoms with Crippen LogP contribution < -0.4 is 5.32 Å². The van der Waals surface area contributed by atoms with Gasteiger partial charge in [-0.05, 0) is 26.0 Å². The van der Waals surface area contributed by atoms with Gasteiger partial charge in [-0.1, -0.05) is 29.8 Å². The summed E-state index contributed by atoms with van der Waals surface area (Å²) >= 11 is 5.72. The summed E-state index contributed by atoms with van der Waals surface area (Å²) in [5.41, 5.74) is 2.61. The topological polar surface area (TPSA) is 12.0 Å². The van der Waals surface area contributed by atoms with E-state index in [-0.39, 0.29) is 0 Å². The van der Waals surface area contributed by atoms with Gasteiger partial charge in [0.25, 0.3) is 0 Å². The lowest BCUT2D eigenvalue weighted by Gasteiger charge is -2.15. The molecule has 0 saturated carbocycles. The third-order valence-electron chi connectivity index (χ3n) is 2.23. The Hall–Kier alpha value is -0.530. The van der Waals surface area contributed by atoms with Gasteiger partial charge in [-0.3, -0.25) is 0 Å². The standard InChI is InChI=1S/C11H16ClN/c1-9-3-5-10(6-4-9)11(13-2)7-8-12/h3-6,11,13H,7-8H2,1-2H3. The van der Waals surface area contributed by atoms with Crippen molar-refractivity contribution in [3.05, 3.63) is 35.4 Å². The summed E-state index contributed by atoms with van der Waals surface area (Å²) in [7, 11) is 1.97. The van der Waals surface area contributed by atoms with Crippen molar-refractivity contribution in [2.45, 2.75) is 19.4 Å². The highest BCUT2D eigenvalue weighted by Gasteiger charge is 2.06. The molecule has 2 heteroatoms. The van der Waals surface area contributed by atoms with E-state index >= 15 is 0 Å². The molecule has 1 nitrogen and oxygen atoms in total. The summed E-state index contributed by atoms with van der Waals surface area (Å²) < 4.78 is 0. The number of halogens is 1. The van der Waals surface area contributed by atoms with Crippen LogP contribution in [0.4, 0.5) is 0 Å². The maximum absolute atomic E-state index is 5.72. The van der Waals surface area contributed by atoms with E-state index in [2.05, 4.69) is 36.5 Å². The number of alkyl halides is 1. The Kier molecular flexibility index (Phi) is 4.26. The molecule has 1 N–H and O–H groups in total. The van der Waals surface area contributed by atoms with E-state index in [1.165, 1.54) is 11.1 Å². The van der Waals surface area contributed by atoms with E-state index < -0.39 is 0 Å². The van der Waals surface area contributed by atoms with Crippen molar-refractivity contribution in [3.63, 3.8) is 0 Å². The zero-order valence-corrected chi connectivity index (χ0v) is 8.93. The predicted octanol–water partition coefficient (Wildman–Crippen LogP) is 2.88. The van der Waals surface area contributed by atoms with E-state index in [1.54, 1.807) is 0 Å². The predicted molar refractivity (Wildman–Crippen MR) is 58.3 cm³/mol. The average Bonchev–Trinajstić information content (AvgIpc) is 2.16. The molecule has 0 bridgehead atoms. The van der Waals surface area contributed by atoms with E-state index in [0.717, 1.165) is 6.42 Å².